The zero-order valence-corrected chi connectivity index (χ0v) is 10.1. The summed E-state index contributed by atoms with van der Waals surface area (Å²) in [6, 6.07) is 3.34. The Morgan fingerprint density at radius 1 is 1.57 bits per heavy atom. The second-order valence-electron chi connectivity index (χ2n) is 3.43. The number of aliphatic hydroxyl groups excluding tert-OH is 1. The van der Waals surface area contributed by atoms with Crippen LogP contribution in [0.3, 0.4) is 0 Å². The molecule has 3 nitrogen and oxygen atoms in total. The minimum Gasteiger partial charge on any atom is -0.398 e. The Balaban J connectivity index is 3.29. The van der Waals surface area contributed by atoms with Gasteiger partial charge in [0, 0.05) is 10.2 Å². The van der Waals surface area contributed by atoms with Crippen LogP contribution in [-0.2, 0) is 5.54 Å². The molecule has 0 bridgehead atoms. The van der Waals surface area contributed by atoms with Crippen LogP contribution in [0, 0.1) is 0 Å². The second-order valence-corrected chi connectivity index (χ2v) is 4.69. The van der Waals surface area contributed by atoms with Gasteiger partial charge in [-0.15, -0.1) is 0 Å². The lowest BCUT2D eigenvalue weighted by atomic mass is 9.93. The molecule has 1 aromatic carbocycles. The van der Waals surface area contributed by atoms with Crippen LogP contribution < -0.4 is 11.5 Å². The predicted molar refractivity (Wildman–Crippen MR) is 62.2 cm³/mol. The Bertz CT molecular complexity index is 355. The normalized spacial score (nSPS) is 15.2. The molecule has 0 spiro atoms. The van der Waals surface area contributed by atoms with Crippen molar-refractivity contribution in [2.75, 3.05) is 12.3 Å². The SMILES string of the molecule is C[C@@](N)(CO)c1cc(Br)c(Cl)cc1N. The lowest BCUT2D eigenvalue weighted by Crippen LogP contribution is -2.37. The molecule has 0 aliphatic rings. The van der Waals surface area contributed by atoms with Crippen LogP contribution in [0.1, 0.15) is 12.5 Å². The van der Waals surface area contributed by atoms with E-state index in [9.17, 15) is 0 Å². The van der Waals surface area contributed by atoms with Crippen LogP contribution in [0.2, 0.25) is 5.02 Å². The van der Waals surface area contributed by atoms with Crippen LogP contribution in [0.15, 0.2) is 16.6 Å². The summed E-state index contributed by atoms with van der Waals surface area (Å²) in [6.07, 6.45) is 0. The van der Waals surface area contributed by atoms with E-state index in [0.717, 1.165) is 0 Å². The van der Waals surface area contributed by atoms with Crippen LogP contribution >= 0.6 is 27.5 Å². The van der Waals surface area contributed by atoms with Gasteiger partial charge in [0.25, 0.3) is 0 Å². The third-order valence-corrected chi connectivity index (χ3v) is 3.23. The van der Waals surface area contributed by atoms with Gasteiger partial charge in [0.15, 0.2) is 0 Å². The highest BCUT2D eigenvalue weighted by Gasteiger charge is 2.23. The maximum Gasteiger partial charge on any atom is 0.0651 e. The molecule has 78 valence electrons. The number of nitrogen functional groups attached to an aromatic ring is 1. The molecule has 0 heterocycles. The highest BCUT2D eigenvalue weighted by molar-refractivity contribution is 9.10. The summed E-state index contributed by atoms with van der Waals surface area (Å²) in [7, 11) is 0. The number of halogens is 2. The molecule has 0 saturated heterocycles. The second kappa shape index (κ2) is 4.06. The summed E-state index contributed by atoms with van der Waals surface area (Å²) in [5.74, 6) is 0. The summed E-state index contributed by atoms with van der Waals surface area (Å²) in [5, 5.41) is 9.63. The fraction of sp³-hybridized carbons (Fsp3) is 0.333. The number of rotatable bonds is 2. The van der Waals surface area contributed by atoms with Crippen molar-refractivity contribution in [1.82, 2.24) is 0 Å². The standard InChI is InChI=1S/C9H12BrClN2O/c1-9(13,4-14)5-2-6(10)7(11)3-8(5)12/h2-3,14H,4,12-13H2,1H3/t9-/m1/s1. The minimum absolute atomic E-state index is 0.175. The Labute approximate surface area is 96.2 Å². The molecule has 5 heteroatoms. The third-order valence-electron chi connectivity index (χ3n) is 2.04. The number of hydrogen-bond acceptors (Lipinski definition) is 3. The zero-order chi connectivity index (χ0) is 10.9. The molecule has 5 N–H and O–H groups in total. The lowest BCUT2D eigenvalue weighted by molar-refractivity contribution is 0.210. The van der Waals surface area contributed by atoms with Gasteiger partial charge >= 0.3 is 0 Å². The topological polar surface area (TPSA) is 72.3 Å². The first kappa shape index (κ1) is 11.8. The number of anilines is 1. The van der Waals surface area contributed by atoms with Gasteiger partial charge in [-0.3, -0.25) is 0 Å². The molecule has 1 atom stereocenters. The molecular formula is C9H12BrClN2O. The maximum atomic E-state index is 9.10. The van der Waals surface area contributed by atoms with Gasteiger partial charge < -0.3 is 16.6 Å². The van der Waals surface area contributed by atoms with Crippen LogP contribution in [0.25, 0.3) is 0 Å². The van der Waals surface area contributed by atoms with E-state index in [-0.39, 0.29) is 6.61 Å². The van der Waals surface area contributed by atoms with E-state index in [0.29, 0.717) is 20.7 Å². The van der Waals surface area contributed by atoms with Gasteiger partial charge in [0.2, 0.25) is 0 Å². The Kier molecular flexibility index (Phi) is 3.42. The molecule has 0 amide bonds. The van der Waals surface area contributed by atoms with Crippen LogP contribution in [-0.4, -0.2) is 11.7 Å². The van der Waals surface area contributed by atoms with Crippen LogP contribution in [0.5, 0.6) is 0 Å². The van der Waals surface area contributed by atoms with Gasteiger partial charge in [0.05, 0.1) is 17.2 Å². The van der Waals surface area contributed by atoms with Crippen molar-refractivity contribution in [3.8, 4) is 0 Å². The molecule has 0 radical (unpaired) electrons. The van der Waals surface area contributed by atoms with Crippen molar-refractivity contribution in [2.24, 2.45) is 5.73 Å². The third kappa shape index (κ3) is 2.20. The van der Waals surface area contributed by atoms with E-state index in [1.165, 1.54) is 0 Å². The van der Waals surface area contributed by atoms with Crippen molar-refractivity contribution < 1.29 is 5.11 Å². The smallest absolute Gasteiger partial charge is 0.0651 e. The summed E-state index contributed by atoms with van der Waals surface area (Å²) in [4.78, 5) is 0. The Morgan fingerprint density at radius 3 is 2.64 bits per heavy atom. The predicted octanol–water partition coefficient (Wildman–Crippen LogP) is 1.85. The van der Waals surface area contributed by atoms with Gasteiger partial charge in [-0.05, 0) is 40.5 Å². The first-order chi connectivity index (χ1) is 6.38. The molecule has 1 rings (SSSR count). The number of aliphatic hydroxyl groups is 1. The molecule has 0 aliphatic carbocycles. The lowest BCUT2D eigenvalue weighted by Gasteiger charge is -2.24. The highest BCUT2D eigenvalue weighted by Crippen LogP contribution is 2.32. The number of hydrogen-bond donors (Lipinski definition) is 3. The first-order valence-electron chi connectivity index (χ1n) is 4.03. The summed E-state index contributed by atoms with van der Waals surface area (Å²) >= 11 is 9.13. The van der Waals surface area contributed by atoms with Crippen molar-refractivity contribution in [2.45, 2.75) is 12.5 Å². The van der Waals surface area contributed by atoms with Gasteiger partial charge in [0.1, 0.15) is 0 Å². The molecule has 0 aliphatic heterocycles. The average molecular weight is 280 g/mol. The van der Waals surface area contributed by atoms with Crippen molar-refractivity contribution in [3.05, 3.63) is 27.2 Å². The van der Waals surface area contributed by atoms with E-state index >= 15 is 0 Å². The van der Waals surface area contributed by atoms with E-state index in [1.807, 2.05) is 0 Å². The molecule has 0 aromatic heterocycles. The van der Waals surface area contributed by atoms with Gasteiger partial charge in [-0.2, -0.15) is 0 Å². The van der Waals surface area contributed by atoms with Crippen LogP contribution in [0.4, 0.5) is 5.69 Å². The van der Waals surface area contributed by atoms with Gasteiger partial charge in [-0.1, -0.05) is 11.6 Å². The van der Waals surface area contributed by atoms with E-state index in [4.69, 9.17) is 28.2 Å². The van der Waals surface area contributed by atoms with Crippen molar-refractivity contribution in [3.63, 3.8) is 0 Å². The fourth-order valence-corrected chi connectivity index (χ4v) is 1.66. The van der Waals surface area contributed by atoms with E-state index < -0.39 is 5.54 Å². The van der Waals surface area contributed by atoms with E-state index in [1.54, 1.807) is 19.1 Å². The molecular weight excluding hydrogens is 267 g/mol. The van der Waals surface area contributed by atoms with Crippen molar-refractivity contribution >= 4 is 33.2 Å². The number of nitrogens with two attached hydrogens (primary N) is 2. The quantitative estimate of drug-likeness (QED) is 0.724. The minimum atomic E-state index is -0.850. The first-order valence-corrected chi connectivity index (χ1v) is 5.20. The van der Waals surface area contributed by atoms with Crippen molar-refractivity contribution in [1.29, 1.82) is 0 Å². The molecule has 1 aromatic rings. The summed E-state index contributed by atoms with van der Waals surface area (Å²) in [5.41, 5.74) is 11.9. The number of benzene rings is 1. The average Bonchev–Trinajstić information content (AvgIpc) is 2.11. The monoisotopic (exact) mass is 278 g/mol. The highest BCUT2D eigenvalue weighted by atomic mass is 79.9. The maximum absolute atomic E-state index is 9.10. The molecule has 0 unspecified atom stereocenters. The largest absolute Gasteiger partial charge is 0.398 e. The Hall–Kier alpha value is -0.290. The van der Waals surface area contributed by atoms with Gasteiger partial charge in [-0.25, -0.2) is 0 Å². The Morgan fingerprint density at radius 2 is 2.14 bits per heavy atom. The molecule has 0 fully saturated rings. The zero-order valence-electron chi connectivity index (χ0n) is 7.72. The molecule has 14 heavy (non-hydrogen) atoms. The summed E-state index contributed by atoms with van der Waals surface area (Å²) < 4.78 is 0.716. The van der Waals surface area contributed by atoms with E-state index in [2.05, 4.69) is 15.9 Å². The summed E-state index contributed by atoms with van der Waals surface area (Å²) in [6.45, 7) is 1.53. The molecule has 0 saturated carbocycles. The fourth-order valence-electron chi connectivity index (χ4n) is 1.14.